The quantitative estimate of drug-likeness (QED) is 0.682. The summed E-state index contributed by atoms with van der Waals surface area (Å²) in [6.45, 7) is 2.49. The van der Waals surface area contributed by atoms with E-state index in [2.05, 4.69) is 20.6 Å². The molecule has 138 valence electrons. The number of nitrogens with one attached hydrogen (secondary N) is 2. The molecular weight excluding hydrogens is 354 g/mol. The molecule has 3 aromatic rings. The molecule has 0 spiro atoms. The van der Waals surface area contributed by atoms with Crippen molar-refractivity contribution in [2.75, 3.05) is 17.2 Å². The Morgan fingerprint density at radius 1 is 1.07 bits per heavy atom. The van der Waals surface area contributed by atoms with Gasteiger partial charge in [-0.25, -0.2) is 18.7 Å². The summed E-state index contributed by atoms with van der Waals surface area (Å²) in [5.41, 5.74) is 0.762. The monoisotopic (exact) mass is 370 g/mol. The van der Waals surface area contributed by atoms with Gasteiger partial charge in [-0.1, -0.05) is 0 Å². The Morgan fingerprint density at radius 3 is 2.41 bits per heavy atom. The van der Waals surface area contributed by atoms with Gasteiger partial charge in [0.25, 0.3) is 5.91 Å². The number of aromatic nitrogens is 2. The molecule has 0 aliphatic rings. The predicted molar refractivity (Wildman–Crippen MR) is 97.2 cm³/mol. The van der Waals surface area contributed by atoms with Gasteiger partial charge in [0.05, 0.1) is 17.9 Å². The van der Waals surface area contributed by atoms with Crippen LogP contribution in [0.15, 0.2) is 54.9 Å². The van der Waals surface area contributed by atoms with Gasteiger partial charge in [-0.05, 0) is 43.3 Å². The van der Waals surface area contributed by atoms with Gasteiger partial charge < -0.3 is 15.4 Å². The van der Waals surface area contributed by atoms with Crippen LogP contribution in [0.2, 0.25) is 0 Å². The predicted octanol–water partition coefficient (Wildman–Crippen LogP) is 4.15. The van der Waals surface area contributed by atoms with E-state index in [1.807, 2.05) is 31.2 Å². The van der Waals surface area contributed by atoms with Gasteiger partial charge in [-0.2, -0.15) is 0 Å². The molecule has 1 amide bonds. The SMILES string of the molecule is CCOc1ccc(Nc2ncc(C(=O)Nc3ccc(F)cc3F)cn2)cc1. The molecule has 0 saturated heterocycles. The maximum absolute atomic E-state index is 13.6. The van der Waals surface area contributed by atoms with Crippen molar-refractivity contribution >= 4 is 23.2 Å². The van der Waals surface area contributed by atoms with Crippen molar-refractivity contribution < 1.29 is 18.3 Å². The lowest BCUT2D eigenvalue weighted by Crippen LogP contribution is -2.14. The average molecular weight is 370 g/mol. The number of nitrogens with zero attached hydrogens (tertiary/aromatic N) is 2. The number of hydrogen-bond donors (Lipinski definition) is 2. The summed E-state index contributed by atoms with van der Waals surface area (Å²) in [5, 5.41) is 5.34. The minimum absolute atomic E-state index is 0.127. The second-order valence-electron chi connectivity index (χ2n) is 5.46. The Labute approximate surface area is 154 Å². The number of anilines is 3. The molecule has 0 radical (unpaired) electrons. The van der Waals surface area contributed by atoms with Crippen LogP contribution < -0.4 is 15.4 Å². The molecule has 0 fully saturated rings. The highest BCUT2D eigenvalue weighted by Crippen LogP contribution is 2.19. The van der Waals surface area contributed by atoms with Crippen LogP contribution in [0.4, 0.5) is 26.1 Å². The number of ether oxygens (including phenoxy) is 1. The molecule has 1 heterocycles. The van der Waals surface area contributed by atoms with Crippen LogP contribution in [0, 0.1) is 11.6 Å². The van der Waals surface area contributed by atoms with Crippen molar-refractivity contribution in [3.05, 3.63) is 72.1 Å². The van der Waals surface area contributed by atoms with Crippen LogP contribution in [0.1, 0.15) is 17.3 Å². The third kappa shape index (κ3) is 4.75. The summed E-state index contributed by atoms with van der Waals surface area (Å²) in [4.78, 5) is 20.3. The highest BCUT2D eigenvalue weighted by molar-refractivity contribution is 6.03. The minimum Gasteiger partial charge on any atom is -0.494 e. The molecule has 6 nitrogen and oxygen atoms in total. The van der Waals surface area contributed by atoms with Crippen molar-refractivity contribution in [3.63, 3.8) is 0 Å². The highest BCUT2D eigenvalue weighted by Gasteiger charge is 2.11. The first-order valence-corrected chi connectivity index (χ1v) is 8.13. The highest BCUT2D eigenvalue weighted by atomic mass is 19.1. The number of amides is 1. The van der Waals surface area contributed by atoms with Crippen LogP contribution >= 0.6 is 0 Å². The van der Waals surface area contributed by atoms with E-state index in [4.69, 9.17) is 4.74 Å². The summed E-state index contributed by atoms with van der Waals surface area (Å²) in [7, 11) is 0. The van der Waals surface area contributed by atoms with E-state index in [9.17, 15) is 13.6 Å². The largest absolute Gasteiger partial charge is 0.494 e. The molecule has 2 aromatic carbocycles. The summed E-state index contributed by atoms with van der Waals surface area (Å²) in [6, 6.07) is 10.1. The molecule has 0 atom stereocenters. The fraction of sp³-hybridized carbons (Fsp3) is 0.105. The molecule has 0 aliphatic carbocycles. The van der Waals surface area contributed by atoms with Crippen molar-refractivity contribution in [2.45, 2.75) is 6.92 Å². The third-order valence-corrected chi connectivity index (χ3v) is 3.51. The molecule has 0 aliphatic heterocycles. The topological polar surface area (TPSA) is 76.1 Å². The van der Waals surface area contributed by atoms with E-state index < -0.39 is 17.5 Å². The molecule has 0 saturated carbocycles. The van der Waals surface area contributed by atoms with E-state index in [1.165, 1.54) is 12.4 Å². The Balaban J connectivity index is 1.64. The molecule has 2 N–H and O–H groups in total. The number of rotatable bonds is 6. The maximum Gasteiger partial charge on any atom is 0.258 e. The molecule has 1 aromatic heterocycles. The number of carbonyl (C=O) groups is 1. The van der Waals surface area contributed by atoms with E-state index >= 15 is 0 Å². The van der Waals surface area contributed by atoms with Gasteiger partial charge in [0, 0.05) is 24.1 Å². The lowest BCUT2D eigenvalue weighted by atomic mass is 10.2. The molecule has 0 unspecified atom stereocenters. The first-order chi connectivity index (χ1) is 13.0. The van der Waals surface area contributed by atoms with E-state index in [1.54, 1.807) is 0 Å². The van der Waals surface area contributed by atoms with Crippen molar-refractivity contribution in [1.82, 2.24) is 9.97 Å². The number of halogens is 2. The minimum atomic E-state index is -0.863. The normalized spacial score (nSPS) is 10.3. The first kappa shape index (κ1) is 18.2. The second kappa shape index (κ2) is 8.22. The van der Waals surface area contributed by atoms with Crippen molar-refractivity contribution in [2.24, 2.45) is 0 Å². The van der Waals surface area contributed by atoms with Crippen LogP contribution in [0.25, 0.3) is 0 Å². The molecule has 3 rings (SSSR count). The van der Waals surface area contributed by atoms with Gasteiger partial charge in [-0.15, -0.1) is 0 Å². The van der Waals surface area contributed by atoms with Crippen LogP contribution in [0.5, 0.6) is 5.75 Å². The van der Waals surface area contributed by atoms with E-state index in [0.717, 1.165) is 23.6 Å². The summed E-state index contributed by atoms with van der Waals surface area (Å²) < 4.78 is 31.9. The molecule has 8 heteroatoms. The Morgan fingerprint density at radius 2 is 1.78 bits per heavy atom. The Kier molecular flexibility index (Phi) is 5.55. The number of carbonyl (C=O) groups excluding carboxylic acids is 1. The number of benzene rings is 2. The Hall–Kier alpha value is -3.55. The van der Waals surface area contributed by atoms with Gasteiger partial charge in [0.15, 0.2) is 0 Å². The lowest BCUT2D eigenvalue weighted by molar-refractivity contribution is 0.102. The van der Waals surface area contributed by atoms with Crippen molar-refractivity contribution in [1.29, 1.82) is 0 Å². The fourth-order valence-electron chi connectivity index (χ4n) is 2.23. The van der Waals surface area contributed by atoms with Crippen LogP contribution in [-0.4, -0.2) is 22.5 Å². The second-order valence-corrected chi connectivity index (χ2v) is 5.46. The summed E-state index contributed by atoms with van der Waals surface area (Å²) in [6.07, 6.45) is 2.61. The summed E-state index contributed by atoms with van der Waals surface area (Å²) >= 11 is 0. The molecular formula is C19H16F2N4O2. The molecule has 27 heavy (non-hydrogen) atoms. The fourth-order valence-corrected chi connectivity index (χ4v) is 2.23. The van der Waals surface area contributed by atoms with Gasteiger partial charge >= 0.3 is 0 Å². The van der Waals surface area contributed by atoms with Gasteiger partial charge in [-0.3, -0.25) is 4.79 Å². The van der Waals surface area contributed by atoms with Crippen molar-refractivity contribution in [3.8, 4) is 5.75 Å². The zero-order valence-corrected chi connectivity index (χ0v) is 14.4. The maximum atomic E-state index is 13.6. The smallest absolute Gasteiger partial charge is 0.258 e. The van der Waals surface area contributed by atoms with Gasteiger partial charge in [0.2, 0.25) is 5.95 Å². The third-order valence-electron chi connectivity index (χ3n) is 3.51. The van der Waals surface area contributed by atoms with Crippen LogP contribution in [-0.2, 0) is 0 Å². The van der Waals surface area contributed by atoms with Gasteiger partial charge in [0.1, 0.15) is 17.4 Å². The Bertz CT molecular complexity index is 931. The standard InChI is InChI=1S/C19H16F2N4O2/c1-2-27-15-6-4-14(5-7-15)24-19-22-10-12(11-23-19)18(26)25-17-8-3-13(20)9-16(17)21/h3-11H,2H2,1H3,(H,25,26)(H,22,23,24). The van der Waals surface area contributed by atoms with E-state index in [-0.39, 0.29) is 11.3 Å². The number of hydrogen-bond acceptors (Lipinski definition) is 5. The van der Waals surface area contributed by atoms with E-state index in [0.29, 0.717) is 18.6 Å². The molecule has 0 bridgehead atoms. The first-order valence-electron chi connectivity index (χ1n) is 8.13. The average Bonchev–Trinajstić information content (AvgIpc) is 2.66. The lowest BCUT2D eigenvalue weighted by Gasteiger charge is -2.08. The van der Waals surface area contributed by atoms with Crippen LogP contribution in [0.3, 0.4) is 0 Å². The zero-order chi connectivity index (χ0) is 19.2. The summed E-state index contributed by atoms with van der Waals surface area (Å²) in [5.74, 6) is -1.14. The zero-order valence-electron chi connectivity index (χ0n) is 14.4.